The predicted octanol–water partition coefficient (Wildman–Crippen LogP) is 3.35. The first kappa shape index (κ1) is 13.5. The van der Waals surface area contributed by atoms with Gasteiger partial charge in [0.1, 0.15) is 12.1 Å². The monoisotopic (exact) mass is 281 g/mol. The van der Waals surface area contributed by atoms with Gasteiger partial charge in [0.2, 0.25) is 0 Å². The zero-order valence-corrected chi connectivity index (χ0v) is 11.5. The van der Waals surface area contributed by atoms with Gasteiger partial charge in [-0.1, -0.05) is 18.2 Å². The van der Waals surface area contributed by atoms with Crippen molar-refractivity contribution in [3.05, 3.63) is 72.2 Å². The van der Waals surface area contributed by atoms with Gasteiger partial charge in [0.15, 0.2) is 0 Å². The zero-order chi connectivity index (χ0) is 15.4. The fourth-order valence-electron chi connectivity index (χ4n) is 2.21. The van der Waals surface area contributed by atoms with Crippen molar-refractivity contribution in [1.82, 2.24) is 9.97 Å². The van der Waals surface area contributed by atoms with Crippen LogP contribution in [0.3, 0.4) is 0 Å². The highest BCUT2D eigenvalue weighted by molar-refractivity contribution is 5.76. The fourth-order valence-corrected chi connectivity index (χ4v) is 2.21. The number of hydrogen-bond donors (Lipinski definition) is 0. The number of nitriles is 2. The lowest BCUT2D eigenvalue weighted by atomic mass is 9.96. The Bertz CT molecular complexity index is 902. The van der Waals surface area contributed by atoms with Crippen molar-refractivity contribution in [1.29, 1.82) is 10.5 Å². The molecule has 3 aromatic rings. The zero-order valence-electron chi connectivity index (χ0n) is 11.5. The van der Waals surface area contributed by atoms with Crippen molar-refractivity contribution in [3.8, 4) is 34.5 Å². The summed E-state index contributed by atoms with van der Waals surface area (Å²) >= 11 is 0. The molecule has 0 fully saturated rings. The lowest BCUT2D eigenvalue weighted by molar-refractivity contribution is 1.27. The molecule has 22 heavy (non-hydrogen) atoms. The summed E-state index contributed by atoms with van der Waals surface area (Å²) < 4.78 is 0. The van der Waals surface area contributed by atoms with E-state index in [9.17, 15) is 5.26 Å². The molecule has 0 aliphatic rings. The third kappa shape index (κ3) is 2.42. The van der Waals surface area contributed by atoms with Crippen LogP contribution in [0.25, 0.3) is 22.4 Å². The van der Waals surface area contributed by atoms with E-state index in [4.69, 9.17) is 5.26 Å². The third-order valence-electron chi connectivity index (χ3n) is 3.23. The summed E-state index contributed by atoms with van der Waals surface area (Å²) in [5.41, 5.74) is 3.66. The molecule has 0 unspecified atom stereocenters. The molecule has 1 radical (unpaired) electrons. The normalized spacial score (nSPS) is 9.73. The van der Waals surface area contributed by atoms with Gasteiger partial charge in [-0.25, -0.2) is 0 Å². The Morgan fingerprint density at radius 1 is 1.00 bits per heavy atom. The van der Waals surface area contributed by atoms with Crippen molar-refractivity contribution in [2.24, 2.45) is 0 Å². The molecule has 0 aliphatic carbocycles. The number of rotatable bonds is 2. The number of aromatic nitrogens is 2. The molecule has 2 heterocycles. The minimum absolute atomic E-state index is 0.356. The summed E-state index contributed by atoms with van der Waals surface area (Å²) in [6.07, 6.45) is 5.06. The molecule has 4 nitrogen and oxygen atoms in total. The van der Waals surface area contributed by atoms with E-state index in [-0.39, 0.29) is 0 Å². The number of pyridine rings is 2. The second kappa shape index (κ2) is 5.87. The lowest BCUT2D eigenvalue weighted by Crippen LogP contribution is -1.91. The van der Waals surface area contributed by atoms with Gasteiger partial charge in [-0.2, -0.15) is 10.5 Å². The standard InChI is InChI=1S/C18H9N4/c19-9-13-4-3-5-16(17(13)10-20)14-8-15(12-21-11-14)18-6-1-2-7-22-18/h1-5,7-8,11-12H. The quantitative estimate of drug-likeness (QED) is 0.722. The van der Waals surface area contributed by atoms with E-state index in [1.165, 1.54) is 0 Å². The maximum absolute atomic E-state index is 9.34. The largest absolute Gasteiger partial charge is 0.263 e. The Labute approximate surface area is 127 Å². The van der Waals surface area contributed by atoms with Crippen LogP contribution in [0, 0.1) is 28.7 Å². The van der Waals surface area contributed by atoms with Crippen LogP contribution >= 0.6 is 0 Å². The average Bonchev–Trinajstić information content (AvgIpc) is 2.61. The highest BCUT2D eigenvalue weighted by Gasteiger charge is 2.11. The Kier molecular flexibility index (Phi) is 3.59. The summed E-state index contributed by atoms with van der Waals surface area (Å²) in [6, 6.07) is 17.9. The van der Waals surface area contributed by atoms with Crippen molar-refractivity contribution in [2.75, 3.05) is 0 Å². The molecule has 0 amide bonds. The van der Waals surface area contributed by atoms with Gasteiger partial charge in [-0.05, 0) is 18.2 Å². The molecule has 4 heteroatoms. The van der Waals surface area contributed by atoms with Gasteiger partial charge in [-0.3, -0.25) is 9.97 Å². The van der Waals surface area contributed by atoms with Gasteiger partial charge in [-0.15, -0.1) is 0 Å². The molecule has 0 N–H and O–H groups in total. The number of nitrogens with zero attached hydrogens (tertiary/aromatic N) is 4. The topological polar surface area (TPSA) is 73.4 Å². The van der Waals surface area contributed by atoms with Gasteiger partial charge in [0.25, 0.3) is 0 Å². The molecule has 3 rings (SSSR count). The van der Waals surface area contributed by atoms with Gasteiger partial charge in [0, 0.05) is 41.3 Å². The van der Waals surface area contributed by atoms with E-state index < -0.39 is 0 Å². The molecule has 0 saturated heterocycles. The molecule has 0 bridgehead atoms. The van der Waals surface area contributed by atoms with E-state index in [1.54, 1.807) is 42.9 Å². The molecule has 0 saturated carbocycles. The molecular weight excluding hydrogens is 272 g/mol. The van der Waals surface area contributed by atoms with Crippen LogP contribution in [0.2, 0.25) is 0 Å². The highest BCUT2D eigenvalue weighted by Crippen LogP contribution is 2.28. The molecule has 0 spiro atoms. The van der Waals surface area contributed by atoms with Crippen molar-refractivity contribution in [3.63, 3.8) is 0 Å². The molecule has 1 aromatic carbocycles. The lowest BCUT2D eigenvalue weighted by Gasteiger charge is -2.07. The Hall–Kier alpha value is -3.50. The minimum Gasteiger partial charge on any atom is -0.263 e. The third-order valence-corrected chi connectivity index (χ3v) is 3.23. The minimum atomic E-state index is 0.356. The van der Waals surface area contributed by atoms with E-state index >= 15 is 0 Å². The Balaban J connectivity index is 2.16. The van der Waals surface area contributed by atoms with Crippen LogP contribution in [0.4, 0.5) is 0 Å². The summed E-state index contributed by atoms with van der Waals surface area (Å²) in [5, 5.41) is 18.5. The smallest absolute Gasteiger partial charge is 0.101 e. The van der Waals surface area contributed by atoms with Crippen LogP contribution in [0.5, 0.6) is 0 Å². The van der Waals surface area contributed by atoms with Crippen molar-refractivity contribution in [2.45, 2.75) is 0 Å². The van der Waals surface area contributed by atoms with Crippen LogP contribution in [-0.4, -0.2) is 9.97 Å². The fraction of sp³-hybridized carbons (Fsp3) is 0. The maximum atomic E-state index is 9.34. The number of hydrogen-bond acceptors (Lipinski definition) is 4. The highest BCUT2D eigenvalue weighted by atomic mass is 14.7. The summed E-state index contributed by atoms with van der Waals surface area (Å²) in [7, 11) is 0. The SMILES string of the molecule is N#Cc1cccc(-c2cncc(-c3[c]cccn3)c2)c1C#N. The van der Waals surface area contributed by atoms with Gasteiger partial charge >= 0.3 is 0 Å². The molecule has 101 valence electrons. The molecular formula is C18H9N4. The summed E-state index contributed by atoms with van der Waals surface area (Å²) in [5.74, 6) is 0. The molecule has 0 atom stereocenters. The number of benzene rings is 1. The predicted molar refractivity (Wildman–Crippen MR) is 81.2 cm³/mol. The summed E-state index contributed by atoms with van der Waals surface area (Å²) in [6.45, 7) is 0. The van der Waals surface area contributed by atoms with Crippen LogP contribution < -0.4 is 0 Å². The Morgan fingerprint density at radius 2 is 1.86 bits per heavy atom. The summed E-state index contributed by atoms with van der Waals surface area (Å²) in [4.78, 5) is 8.46. The Morgan fingerprint density at radius 3 is 2.59 bits per heavy atom. The maximum Gasteiger partial charge on any atom is 0.101 e. The van der Waals surface area contributed by atoms with Crippen LogP contribution in [-0.2, 0) is 0 Å². The van der Waals surface area contributed by atoms with E-state index in [1.807, 2.05) is 18.2 Å². The first-order valence-electron chi connectivity index (χ1n) is 6.55. The van der Waals surface area contributed by atoms with Gasteiger partial charge < -0.3 is 0 Å². The van der Waals surface area contributed by atoms with E-state index in [0.29, 0.717) is 22.4 Å². The first-order chi connectivity index (χ1) is 10.8. The molecule has 2 aromatic heterocycles. The van der Waals surface area contributed by atoms with E-state index in [0.717, 1.165) is 11.1 Å². The van der Waals surface area contributed by atoms with Crippen molar-refractivity contribution >= 4 is 0 Å². The van der Waals surface area contributed by atoms with Gasteiger partial charge in [0.05, 0.1) is 16.8 Å². The second-order valence-corrected chi connectivity index (χ2v) is 4.54. The van der Waals surface area contributed by atoms with Crippen molar-refractivity contribution < 1.29 is 0 Å². The average molecular weight is 281 g/mol. The van der Waals surface area contributed by atoms with Crippen LogP contribution in [0.15, 0.2) is 55.0 Å². The first-order valence-corrected chi connectivity index (χ1v) is 6.55. The second-order valence-electron chi connectivity index (χ2n) is 4.54. The molecule has 0 aliphatic heterocycles. The van der Waals surface area contributed by atoms with E-state index in [2.05, 4.69) is 22.1 Å². The van der Waals surface area contributed by atoms with Crippen LogP contribution in [0.1, 0.15) is 11.1 Å².